The standard InChI is InChI=1S/C30H34Cl2N8O4/c1-37(2)12-6-8-24(41)38-13-9-21(10-14-38)40-28-19(16-34-29(36-28)35-20-7-5-11-33-17-20)18-39(30(40)42)27-25(31)22(43-3)15-23(44-4)26(27)32/h5-8,11,15-17,21H,9-10,12-14,18H2,1-4H3,(H,34,35,36)/b8-6+. The number of urea groups is 1. The predicted octanol–water partition coefficient (Wildman–Crippen LogP) is 4.99. The lowest BCUT2D eigenvalue weighted by Crippen LogP contribution is -2.55. The maximum Gasteiger partial charge on any atom is 0.330 e. The van der Waals surface area contributed by atoms with Crippen molar-refractivity contribution >= 4 is 58.3 Å². The molecular weight excluding hydrogens is 607 g/mol. The van der Waals surface area contributed by atoms with Gasteiger partial charge in [-0.15, -0.1) is 0 Å². The summed E-state index contributed by atoms with van der Waals surface area (Å²) in [6, 6.07) is 4.60. The van der Waals surface area contributed by atoms with Crippen molar-refractivity contribution in [1.82, 2.24) is 24.8 Å². The number of aromatic nitrogens is 3. The SMILES string of the molecule is COc1cc(OC)c(Cl)c(N2Cc3cnc(Nc4cccnc4)nc3N(C3CCN(C(=O)/C=C/CN(C)C)CC3)C2=O)c1Cl. The molecule has 1 aromatic carbocycles. The third kappa shape index (κ3) is 6.52. The van der Waals surface area contributed by atoms with Crippen LogP contribution in [0, 0.1) is 0 Å². The van der Waals surface area contributed by atoms with Gasteiger partial charge in [0.2, 0.25) is 11.9 Å². The van der Waals surface area contributed by atoms with Crippen molar-refractivity contribution in [2.45, 2.75) is 25.4 Å². The average Bonchev–Trinajstić information content (AvgIpc) is 3.02. The van der Waals surface area contributed by atoms with E-state index in [4.69, 9.17) is 37.7 Å². The Labute approximate surface area is 266 Å². The van der Waals surface area contributed by atoms with Crippen LogP contribution in [0.4, 0.5) is 27.9 Å². The highest BCUT2D eigenvalue weighted by molar-refractivity contribution is 6.42. The van der Waals surface area contributed by atoms with Crippen LogP contribution < -0.4 is 24.6 Å². The first-order chi connectivity index (χ1) is 21.2. The zero-order chi connectivity index (χ0) is 31.4. The molecule has 3 amide bonds. The maximum absolute atomic E-state index is 14.4. The van der Waals surface area contributed by atoms with Crippen LogP contribution in [0.1, 0.15) is 18.4 Å². The van der Waals surface area contributed by atoms with Crippen LogP contribution in [0.25, 0.3) is 0 Å². The number of rotatable bonds is 9. The van der Waals surface area contributed by atoms with Gasteiger partial charge >= 0.3 is 6.03 Å². The number of piperidine rings is 1. The Hall–Kier alpha value is -4.13. The Balaban J connectivity index is 1.50. The number of fused-ring (bicyclic) bond motifs is 1. The fourth-order valence-corrected chi connectivity index (χ4v) is 5.93. The van der Waals surface area contributed by atoms with Crippen LogP contribution in [-0.4, -0.2) is 90.7 Å². The molecule has 4 heterocycles. The van der Waals surface area contributed by atoms with Gasteiger partial charge in [-0.3, -0.25) is 19.6 Å². The van der Waals surface area contributed by atoms with Crippen LogP contribution in [-0.2, 0) is 11.3 Å². The Kier molecular flexibility index (Phi) is 9.72. The summed E-state index contributed by atoms with van der Waals surface area (Å²) in [4.78, 5) is 47.6. The van der Waals surface area contributed by atoms with Gasteiger partial charge in [0, 0.05) is 55.8 Å². The summed E-state index contributed by atoms with van der Waals surface area (Å²) in [5.41, 5.74) is 1.67. The molecule has 5 rings (SSSR count). The van der Waals surface area contributed by atoms with E-state index >= 15 is 0 Å². The Morgan fingerprint density at radius 3 is 2.45 bits per heavy atom. The fraction of sp³-hybridized carbons (Fsp3) is 0.367. The van der Waals surface area contributed by atoms with Crippen LogP contribution in [0.2, 0.25) is 10.0 Å². The number of amides is 3. The van der Waals surface area contributed by atoms with Crippen molar-refractivity contribution in [3.63, 3.8) is 0 Å². The molecule has 1 N–H and O–H groups in total. The maximum atomic E-state index is 14.4. The molecule has 0 radical (unpaired) electrons. The van der Waals surface area contributed by atoms with Gasteiger partial charge in [-0.2, -0.15) is 4.98 Å². The smallest absolute Gasteiger partial charge is 0.330 e. The van der Waals surface area contributed by atoms with Gasteiger partial charge < -0.3 is 24.6 Å². The number of nitrogens with one attached hydrogen (secondary N) is 1. The molecule has 0 aliphatic carbocycles. The highest BCUT2D eigenvalue weighted by atomic mass is 35.5. The van der Waals surface area contributed by atoms with Crippen LogP contribution in [0.5, 0.6) is 11.5 Å². The number of ether oxygens (including phenoxy) is 2. The predicted molar refractivity (Wildman–Crippen MR) is 170 cm³/mol. The number of benzene rings is 1. The molecule has 0 spiro atoms. The number of halogens is 2. The highest BCUT2D eigenvalue weighted by Crippen LogP contribution is 2.48. The summed E-state index contributed by atoms with van der Waals surface area (Å²) in [6.07, 6.45) is 9.56. The zero-order valence-electron chi connectivity index (χ0n) is 25.0. The van der Waals surface area contributed by atoms with E-state index < -0.39 is 0 Å². The van der Waals surface area contributed by atoms with E-state index in [9.17, 15) is 9.59 Å². The van der Waals surface area contributed by atoms with Gasteiger partial charge in [0.05, 0.1) is 38.3 Å². The number of anilines is 4. The molecule has 1 fully saturated rings. The summed E-state index contributed by atoms with van der Waals surface area (Å²) < 4.78 is 10.9. The third-order valence-electron chi connectivity index (χ3n) is 7.45. The second-order valence-electron chi connectivity index (χ2n) is 10.6. The second-order valence-corrected chi connectivity index (χ2v) is 11.4. The van der Waals surface area contributed by atoms with Crippen molar-refractivity contribution < 1.29 is 19.1 Å². The van der Waals surface area contributed by atoms with Crippen molar-refractivity contribution in [2.24, 2.45) is 0 Å². The Bertz CT molecular complexity index is 1520. The first-order valence-corrected chi connectivity index (χ1v) is 14.8. The van der Waals surface area contributed by atoms with E-state index in [1.807, 2.05) is 31.1 Å². The van der Waals surface area contributed by atoms with E-state index in [1.54, 1.807) is 46.6 Å². The molecular formula is C30H34Cl2N8O4. The number of nitrogens with zero attached hydrogens (tertiary/aromatic N) is 7. The lowest BCUT2D eigenvalue weighted by atomic mass is 10.0. The number of methoxy groups -OCH3 is 2. The molecule has 3 aromatic rings. The number of likely N-dealkylation sites (N-methyl/N-ethyl adjacent to an activating group) is 1. The summed E-state index contributed by atoms with van der Waals surface area (Å²) in [7, 11) is 6.85. The lowest BCUT2D eigenvalue weighted by molar-refractivity contribution is -0.127. The molecule has 0 bridgehead atoms. The van der Waals surface area contributed by atoms with Gasteiger partial charge in [0.25, 0.3) is 0 Å². The Morgan fingerprint density at radius 1 is 1.14 bits per heavy atom. The van der Waals surface area contributed by atoms with Crippen molar-refractivity contribution in [2.75, 3.05) is 63.1 Å². The lowest BCUT2D eigenvalue weighted by Gasteiger charge is -2.43. The molecule has 0 unspecified atom stereocenters. The van der Waals surface area contributed by atoms with Gasteiger partial charge in [0.15, 0.2) is 0 Å². The minimum atomic E-state index is -0.363. The number of likely N-dealkylation sites (tertiary alicyclic amines) is 1. The molecule has 2 aromatic heterocycles. The second kappa shape index (κ2) is 13.7. The van der Waals surface area contributed by atoms with Crippen LogP contribution in [0.3, 0.4) is 0 Å². The molecule has 12 nitrogen and oxygen atoms in total. The van der Waals surface area contributed by atoms with Crippen LogP contribution in [0.15, 0.2) is 48.9 Å². The normalized spacial score (nSPS) is 15.6. The first-order valence-electron chi connectivity index (χ1n) is 14.1. The number of pyridine rings is 1. The summed E-state index contributed by atoms with van der Waals surface area (Å²) in [5, 5.41) is 3.51. The Morgan fingerprint density at radius 2 is 1.84 bits per heavy atom. The monoisotopic (exact) mass is 640 g/mol. The van der Waals surface area contributed by atoms with Gasteiger partial charge in [0.1, 0.15) is 27.4 Å². The first kappa shape index (κ1) is 31.3. The van der Waals surface area contributed by atoms with E-state index in [0.717, 1.165) is 0 Å². The quantitative estimate of drug-likeness (QED) is 0.323. The molecule has 232 valence electrons. The van der Waals surface area contributed by atoms with Crippen molar-refractivity contribution in [3.05, 3.63) is 64.6 Å². The van der Waals surface area contributed by atoms with E-state index in [-0.39, 0.29) is 40.3 Å². The van der Waals surface area contributed by atoms with Crippen molar-refractivity contribution in [1.29, 1.82) is 0 Å². The average molecular weight is 642 g/mol. The number of carbonyl (C=O) groups is 2. The molecule has 0 saturated carbocycles. The van der Waals surface area contributed by atoms with Crippen molar-refractivity contribution in [3.8, 4) is 11.5 Å². The van der Waals surface area contributed by atoms with E-state index in [1.165, 1.54) is 19.1 Å². The molecule has 44 heavy (non-hydrogen) atoms. The minimum Gasteiger partial charge on any atom is -0.495 e. The summed E-state index contributed by atoms with van der Waals surface area (Å²) in [5.74, 6) is 1.37. The topological polar surface area (TPSA) is 116 Å². The highest BCUT2D eigenvalue weighted by Gasteiger charge is 2.41. The fourth-order valence-electron chi connectivity index (χ4n) is 5.23. The zero-order valence-corrected chi connectivity index (χ0v) is 26.5. The summed E-state index contributed by atoms with van der Waals surface area (Å²) >= 11 is 13.5. The third-order valence-corrected chi connectivity index (χ3v) is 8.18. The molecule has 2 aliphatic rings. The number of hydrogen-bond acceptors (Lipinski definition) is 9. The van der Waals surface area contributed by atoms with Crippen LogP contribution >= 0.6 is 23.2 Å². The van der Waals surface area contributed by atoms with Gasteiger partial charge in [-0.1, -0.05) is 29.3 Å². The van der Waals surface area contributed by atoms with E-state index in [0.29, 0.717) is 67.0 Å². The molecule has 1 saturated heterocycles. The van der Waals surface area contributed by atoms with E-state index in [2.05, 4.69) is 15.3 Å². The minimum absolute atomic E-state index is 0.0513. The molecule has 0 atom stereocenters. The molecule has 14 heteroatoms. The largest absolute Gasteiger partial charge is 0.495 e. The molecule has 2 aliphatic heterocycles. The van der Waals surface area contributed by atoms with Gasteiger partial charge in [-0.05, 0) is 39.1 Å². The number of hydrogen-bond donors (Lipinski definition) is 1. The number of carbonyl (C=O) groups excluding carboxylic acids is 2. The van der Waals surface area contributed by atoms with Gasteiger partial charge in [-0.25, -0.2) is 9.78 Å². The summed E-state index contributed by atoms with van der Waals surface area (Å²) in [6.45, 7) is 1.75.